The lowest BCUT2D eigenvalue weighted by atomic mass is 10.0. The van der Waals surface area contributed by atoms with Gasteiger partial charge in [0.1, 0.15) is 0 Å². The van der Waals surface area contributed by atoms with E-state index in [4.69, 9.17) is 5.11 Å². The molecule has 17 heavy (non-hydrogen) atoms. The number of thioether (sulfide) groups is 1. The number of carboxylic acid groups (broad SMARTS) is 1. The van der Waals surface area contributed by atoms with Crippen LogP contribution in [0.4, 0.5) is 0 Å². The first kappa shape index (κ1) is 14.4. The maximum Gasteiger partial charge on any atom is 0.306 e. The molecule has 3 atom stereocenters. The highest BCUT2D eigenvalue weighted by Gasteiger charge is 2.33. The Morgan fingerprint density at radius 3 is 2.59 bits per heavy atom. The standard InChI is InChI=1S/C12H21NO3S/c1-8(7-17-2)6-13-11(14)9-3-4-10(5-9)12(15)16/h8-10H,3-7H2,1-2H3,(H,13,14)(H,15,16)/t8?,9-,10+/m1/s1. The van der Waals surface area contributed by atoms with E-state index in [-0.39, 0.29) is 17.7 Å². The van der Waals surface area contributed by atoms with Crippen LogP contribution in [0, 0.1) is 17.8 Å². The number of hydrogen-bond acceptors (Lipinski definition) is 3. The minimum Gasteiger partial charge on any atom is -0.481 e. The summed E-state index contributed by atoms with van der Waals surface area (Å²) in [5.74, 6) is 0.332. The van der Waals surface area contributed by atoms with E-state index in [2.05, 4.69) is 12.2 Å². The van der Waals surface area contributed by atoms with Crippen molar-refractivity contribution >= 4 is 23.6 Å². The number of amides is 1. The predicted molar refractivity (Wildman–Crippen MR) is 69.0 cm³/mol. The Kier molecular flexibility index (Phi) is 5.82. The van der Waals surface area contributed by atoms with E-state index < -0.39 is 5.97 Å². The van der Waals surface area contributed by atoms with Crippen molar-refractivity contribution in [2.75, 3.05) is 18.6 Å². The maximum atomic E-state index is 11.8. The molecule has 1 unspecified atom stereocenters. The summed E-state index contributed by atoms with van der Waals surface area (Å²) in [6.07, 6.45) is 3.89. The number of hydrogen-bond donors (Lipinski definition) is 2. The molecule has 1 aliphatic carbocycles. The van der Waals surface area contributed by atoms with Gasteiger partial charge in [0.2, 0.25) is 5.91 Å². The Balaban J connectivity index is 2.27. The van der Waals surface area contributed by atoms with E-state index >= 15 is 0 Å². The third kappa shape index (κ3) is 4.58. The number of carbonyl (C=O) groups is 2. The van der Waals surface area contributed by atoms with Crippen LogP contribution in [0.15, 0.2) is 0 Å². The smallest absolute Gasteiger partial charge is 0.306 e. The van der Waals surface area contributed by atoms with Gasteiger partial charge in [-0.1, -0.05) is 6.92 Å². The van der Waals surface area contributed by atoms with Crippen LogP contribution in [0.3, 0.4) is 0 Å². The molecule has 0 spiro atoms. The lowest BCUT2D eigenvalue weighted by Gasteiger charge is -2.14. The van der Waals surface area contributed by atoms with Crippen molar-refractivity contribution in [3.05, 3.63) is 0 Å². The molecule has 1 aliphatic rings. The zero-order valence-electron chi connectivity index (χ0n) is 10.4. The van der Waals surface area contributed by atoms with Crippen LogP contribution >= 0.6 is 11.8 Å². The van der Waals surface area contributed by atoms with Crippen molar-refractivity contribution in [1.82, 2.24) is 5.32 Å². The van der Waals surface area contributed by atoms with Gasteiger partial charge in [-0.15, -0.1) is 0 Å². The lowest BCUT2D eigenvalue weighted by molar-refractivity contribution is -0.141. The highest BCUT2D eigenvalue weighted by Crippen LogP contribution is 2.31. The van der Waals surface area contributed by atoms with E-state index in [1.54, 1.807) is 11.8 Å². The molecule has 1 amide bonds. The van der Waals surface area contributed by atoms with Crippen LogP contribution in [0.1, 0.15) is 26.2 Å². The maximum absolute atomic E-state index is 11.8. The Labute approximate surface area is 107 Å². The Morgan fingerprint density at radius 2 is 2.06 bits per heavy atom. The molecule has 4 nitrogen and oxygen atoms in total. The van der Waals surface area contributed by atoms with Crippen LogP contribution < -0.4 is 5.32 Å². The Morgan fingerprint density at radius 1 is 1.41 bits per heavy atom. The molecule has 0 bridgehead atoms. The lowest BCUT2D eigenvalue weighted by Crippen LogP contribution is -2.33. The minimum atomic E-state index is -0.768. The van der Waals surface area contributed by atoms with Gasteiger partial charge in [0.15, 0.2) is 0 Å². The molecular weight excluding hydrogens is 238 g/mol. The topological polar surface area (TPSA) is 66.4 Å². The molecule has 0 aromatic carbocycles. The summed E-state index contributed by atoms with van der Waals surface area (Å²) >= 11 is 1.77. The van der Waals surface area contributed by atoms with Crippen molar-refractivity contribution in [3.8, 4) is 0 Å². The fraction of sp³-hybridized carbons (Fsp3) is 0.833. The molecule has 1 fully saturated rings. The zero-order valence-corrected chi connectivity index (χ0v) is 11.3. The number of nitrogens with one attached hydrogen (secondary N) is 1. The number of carbonyl (C=O) groups excluding carboxylic acids is 1. The first-order valence-electron chi connectivity index (χ1n) is 6.04. The fourth-order valence-electron chi connectivity index (χ4n) is 2.21. The fourth-order valence-corrected chi connectivity index (χ4v) is 2.89. The summed E-state index contributed by atoms with van der Waals surface area (Å²) in [7, 11) is 0. The summed E-state index contributed by atoms with van der Waals surface area (Å²) in [4.78, 5) is 22.6. The van der Waals surface area contributed by atoms with Crippen molar-refractivity contribution in [2.45, 2.75) is 26.2 Å². The summed E-state index contributed by atoms with van der Waals surface area (Å²) in [6.45, 7) is 2.79. The Bertz CT molecular complexity index is 283. The van der Waals surface area contributed by atoms with Gasteiger partial charge in [-0.2, -0.15) is 11.8 Å². The Hall–Kier alpha value is -0.710. The third-order valence-electron chi connectivity index (χ3n) is 3.23. The van der Waals surface area contributed by atoms with E-state index in [0.29, 0.717) is 31.7 Å². The molecule has 0 aromatic rings. The van der Waals surface area contributed by atoms with Crippen LogP contribution in [0.2, 0.25) is 0 Å². The molecule has 0 aromatic heterocycles. The van der Waals surface area contributed by atoms with Crippen molar-refractivity contribution in [3.63, 3.8) is 0 Å². The number of rotatable bonds is 6. The largest absolute Gasteiger partial charge is 0.481 e. The zero-order chi connectivity index (χ0) is 12.8. The molecule has 0 saturated heterocycles. The molecule has 0 radical (unpaired) electrons. The van der Waals surface area contributed by atoms with Crippen LogP contribution in [-0.2, 0) is 9.59 Å². The van der Waals surface area contributed by atoms with E-state index in [1.165, 1.54) is 0 Å². The normalized spacial score (nSPS) is 25.5. The van der Waals surface area contributed by atoms with Gasteiger partial charge in [-0.3, -0.25) is 9.59 Å². The number of carboxylic acids is 1. The van der Waals surface area contributed by atoms with Crippen molar-refractivity contribution in [1.29, 1.82) is 0 Å². The van der Waals surface area contributed by atoms with Gasteiger partial charge in [0.05, 0.1) is 5.92 Å². The van der Waals surface area contributed by atoms with Crippen molar-refractivity contribution < 1.29 is 14.7 Å². The van der Waals surface area contributed by atoms with E-state index in [0.717, 1.165) is 5.75 Å². The van der Waals surface area contributed by atoms with Crippen LogP contribution in [-0.4, -0.2) is 35.5 Å². The van der Waals surface area contributed by atoms with Gasteiger partial charge in [-0.05, 0) is 37.2 Å². The van der Waals surface area contributed by atoms with Crippen LogP contribution in [0.25, 0.3) is 0 Å². The van der Waals surface area contributed by atoms with Crippen molar-refractivity contribution in [2.24, 2.45) is 17.8 Å². The molecule has 1 rings (SSSR count). The summed E-state index contributed by atoms with van der Waals surface area (Å²) in [6, 6.07) is 0. The van der Waals surface area contributed by atoms with Gasteiger partial charge in [0.25, 0.3) is 0 Å². The molecule has 1 saturated carbocycles. The average Bonchev–Trinajstić information content (AvgIpc) is 2.75. The third-order valence-corrected chi connectivity index (χ3v) is 4.13. The monoisotopic (exact) mass is 259 g/mol. The van der Waals surface area contributed by atoms with Gasteiger partial charge >= 0.3 is 5.97 Å². The first-order valence-corrected chi connectivity index (χ1v) is 7.43. The van der Waals surface area contributed by atoms with Crippen LogP contribution in [0.5, 0.6) is 0 Å². The second-order valence-corrected chi connectivity index (χ2v) is 5.76. The second kappa shape index (κ2) is 6.89. The van der Waals surface area contributed by atoms with Gasteiger partial charge in [0, 0.05) is 12.5 Å². The minimum absolute atomic E-state index is 0.0294. The first-order chi connectivity index (χ1) is 8.04. The molecule has 98 valence electrons. The summed E-state index contributed by atoms with van der Waals surface area (Å²) in [5.41, 5.74) is 0. The molecule has 5 heteroatoms. The molecule has 0 aliphatic heterocycles. The highest BCUT2D eigenvalue weighted by molar-refractivity contribution is 7.98. The molecular formula is C12H21NO3S. The second-order valence-electron chi connectivity index (χ2n) is 4.85. The highest BCUT2D eigenvalue weighted by atomic mass is 32.2. The van der Waals surface area contributed by atoms with Gasteiger partial charge < -0.3 is 10.4 Å². The van der Waals surface area contributed by atoms with E-state index in [1.807, 2.05) is 6.26 Å². The van der Waals surface area contributed by atoms with Gasteiger partial charge in [-0.25, -0.2) is 0 Å². The molecule has 2 N–H and O–H groups in total. The quantitative estimate of drug-likeness (QED) is 0.760. The summed E-state index contributed by atoms with van der Waals surface area (Å²) in [5, 5.41) is 11.8. The SMILES string of the molecule is CSCC(C)CNC(=O)[C@@H]1CC[C@H](C(=O)O)C1. The predicted octanol–water partition coefficient (Wildman–Crippen LogP) is 1.60. The van der Waals surface area contributed by atoms with E-state index in [9.17, 15) is 9.59 Å². The summed E-state index contributed by atoms with van der Waals surface area (Å²) < 4.78 is 0. The molecule has 0 heterocycles. The average molecular weight is 259 g/mol. The number of aliphatic carboxylic acids is 1.